The van der Waals surface area contributed by atoms with Crippen molar-refractivity contribution in [2.75, 3.05) is 13.2 Å². The molecule has 1 aliphatic rings. The normalized spacial score (nSPS) is 16.4. The summed E-state index contributed by atoms with van der Waals surface area (Å²) < 4.78 is 47.5. The summed E-state index contributed by atoms with van der Waals surface area (Å²) in [5.74, 6) is -4.27. The number of nitrogens with one attached hydrogen (secondary N) is 1. The van der Waals surface area contributed by atoms with E-state index >= 15 is 4.39 Å². The highest BCUT2D eigenvalue weighted by molar-refractivity contribution is 5.95. The van der Waals surface area contributed by atoms with Gasteiger partial charge in [0, 0.05) is 31.4 Å². The summed E-state index contributed by atoms with van der Waals surface area (Å²) >= 11 is 0. The Labute approximate surface area is 230 Å². The van der Waals surface area contributed by atoms with Crippen LogP contribution in [0.25, 0.3) is 10.9 Å². The molecule has 40 heavy (non-hydrogen) atoms. The van der Waals surface area contributed by atoms with Gasteiger partial charge in [-0.1, -0.05) is 30.3 Å². The van der Waals surface area contributed by atoms with Crippen molar-refractivity contribution in [2.24, 2.45) is 0 Å². The van der Waals surface area contributed by atoms with E-state index in [0.29, 0.717) is 13.0 Å². The quantitative estimate of drug-likeness (QED) is 0.320. The molecule has 4 rings (SSSR count). The topological polar surface area (TPSA) is 95.9 Å². The molecule has 1 unspecified atom stereocenters. The second-order valence-corrected chi connectivity index (χ2v) is 10.5. The summed E-state index contributed by atoms with van der Waals surface area (Å²) in [5.41, 5.74) is -0.141. The van der Waals surface area contributed by atoms with Crippen molar-refractivity contribution in [1.29, 1.82) is 0 Å². The first-order valence-corrected chi connectivity index (χ1v) is 13.0. The van der Waals surface area contributed by atoms with Crippen LogP contribution in [0.5, 0.6) is 5.75 Å². The molecule has 0 aliphatic carbocycles. The number of carbonyl (C=O) groups is 2. The lowest BCUT2D eigenvalue weighted by atomic mass is 10.1. The maximum absolute atomic E-state index is 15.0. The first-order valence-electron chi connectivity index (χ1n) is 13.0. The monoisotopic (exact) mass is 554 g/mol. The summed E-state index contributed by atoms with van der Waals surface area (Å²) in [6.45, 7) is 7.61. The van der Waals surface area contributed by atoms with Gasteiger partial charge in [-0.05, 0) is 51.3 Å². The number of aryl methyl sites for hydroxylation is 1. The largest absolute Gasteiger partial charge is 0.487 e. The molecule has 0 bridgehead atoms. The maximum Gasteiger partial charge on any atom is 0.343 e. The van der Waals surface area contributed by atoms with Gasteiger partial charge in [0.1, 0.15) is 24.4 Å². The van der Waals surface area contributed by atoms with Crippen molar-refractivity contribution in [2.45, 2.75) is 58.9 Å². The van der Waals surface area contributed by atoms with Crippen molar-refractivity contribution in [3.8, 4) is 5.75 Å². The van der Waals surface area contributed by atoms with Crippen LogP contribution in [0.15, 0.2) is 59.0 Å². The number of carbonyl (C=O) groups excluding carboxylic acids is 2. The minimum Gasteiger partial charge on any atom is -0.487 e. The zero-order chi connectivity index (χ0) is 29.0. The standard InChI is InChI=1S/C30H32F2N2O6/c1-5-34-15-22(29(37)39-16-18-9-7-6-8-10-18)27(36)21-13-23(31)25(32)28(26(21)34)38-17-20-11-19(14-33-20)12-24(35)40-30(2,3)4/h6-10,12-13,15,20,33H,5,11,14,16-17H2,1-4H3. The molecule has 10 heteroatoms. The molecule has 1 fully saturated rings. The molecule has 0 saturated carbocycles. The fourth-order valence-electron chi connectivity index (χ4n) is 4.45. The lowest BCUT2D eigenvalue weighted by Crippen LogP contribution is -2.29. The van der Waals surface area contributed by atoms with Crippen LogP contribution in [0, 0.1) is 11.6 Å². The summed E-state index contributed by atoms with van der Waals surface area (Å²) in [5, 5.41) is 2.97. The molecular weight excluding hydrogens is 522 g/mol. The minimum absolute atomic E-state index is 0.0357. The van der Waals surface area contributed by atoms with E-state index in [9.17, 15) is 18.8 Å². The van der Waals surface area contributed by atoms with E-state index in [2.05, 4.69) is 5.32 Å². The number of ether oxygens (including phenoxy) is 3. The van der Waals surface area contributed by atoms with Crippen molar-refractivity contribution in [1.82, 2.24) is 9.88 Å². The summed E-state index contributed by atoms with van der Waals surface area (Å²) in [7, 11) is 0. The molecule has 0 radical (unpaired) electrons. The molecule has 1 atom stereocenters. The number of rotatable bonds is 8. The first-order chi connectivity index (χ1) is 19.0. The van der Waals surface area contributed by atoms with E-state index < -0.39 is 40.4 Å². The van der Waals surface area contributed by atoms with Crippen molar-refractivity contribution in [3.63, 3.8) is 0 Å². The van der Waals surface area contributed by atoms with Gasteiger partial charge in [0.15, 0.2) is 11.6 Å². The van der Waals surface area contributed by atoms with E-state index in [1.165, 1.54) is 16.8 Å². The highest BCUT2D eigenvalue weighted by Crippen LogP contribution is 2.31. The molecule has 8 nitrogen and oxygen atoms in total. The second-order valence-electron chi connectivity index (χ2n) is 10.5. The number of halogens is 2. The summed E-state index contributed by atoms with van der Waals surface area (Å²) in [6.07, 6.45) is 3.13. The van der Waals surface area contributed by atoms with E-state index in [4.69, 9.17) is 14.2 Å². The predicted octanol–water partition coefficient (Wildman–Crippen LogP) is 4.67. The maximum atomic E-state index is 15.0. The van der Waals surface area contributed by atoms with E-state index in [0.717, 1.165) is 17.2 Å². The third kappa shape index (κ3) is 6.74. The Balaban J connectivity index is 1.57. The molecule has 1 aliphatic heterocycles. The second kappa shape index (κ2) is 12.0. The number of nitrogens with zero attached hydrogens (tertiary/aromatic N) is 1. The molecular formula is C30H32F2N2O6. The molecule has 2 heterocycles. The Bertz CT molecular complexity index is 1510. The molecule has 3 aromatic rings. The number of hydrogen-bond donors (Lipinski definition) is 1. The van der Waals surface area contributed by atoms with Crippen LogP contribution in [0.4, 0.5) is 8.78 Å². The van der Waals surface area contributed by atoms with Crippen LogP contribution in [-0.2, 0) is 27.4 Å². The van der Waals surface area contributed by atoms with Gasteiger partial charge in [-0.25, -0.2) is 14.0 Å². The molecule has 1 aromatic heterocycles. The third-order valence-corrected chi connectivity index (χ3v) is 6.27. The molecule has 2 aromatic carbocycles. The van der Waals surface area contributed by atoms with Gasteiger partial charge in [-0.3, -0.25) is 4.79 Å². The van der Waals surface area contributed by atoms with Gasteiger partial charge in [0.2, 0.25) is 11.2 Å². The number of benzene rings is 2. The Hall–Kier alpha value is -4.05. The zero-order valence-corrected chi connectivity index (χ0v) is 22.9. The smallest absolute Gasteiger partial charge is 0.343 e. The van der Waals surface area contributed by atoms with Crippen LogP contribution >= 0.6 is 0 Å². The number of aromatic nitrogens is 1. The molecule has 0 amide bonds. The Morgan fingerprint density at radius 1 is 1.18 bits per heavy atom. The average molecular weight is 555 g/mol. The number of pyridine rings is 1. The van der Waals surface area contributed by atoms with Gasteiger partial charge in [0.25, 0.3) is 0 Å². The highest BCUT2D eigenvalue weighted by Gasteiger charge is 2.26. The lowest BCUT2D eigenvalue weighted by molar-refractivity contribution is -0.148. The van der Waals surface area contributed by atoms with Gasteiger partial charge in [-0.15, -0.1) is 0 Å². The van der Waals surface area contributed by atoms with E-state index in [1.54, 1.807) is 52.0 Å². The van der Waals surface area contributed by atoms with Crippen LogP contribution < -0.4 is 15.5 Å². The third-order valence-electron chi connectivity index (χ3n) is 6.27. The number of fused-ring (bicyclic) bond motifs is 1. The Morgan fingerprint density at radius 2 is 1.90 bits per heavy atom. The summed E-state index contributed by atoms with van der Waals surface area (Å²) in [6, 6.07) is 9.44. The highest BCUT2D eigenvalue weighted by atomic mass is 19.2. The molecule has 1 N–H and O–H groups in total. The van der Waals surface area contributed by atoms with Gasteiger partial charge in [-0.2, -0.15) is 4.39 Å². The van der Waals surface area contributed by atoms with E-state index in [-0.39, 0.29) is 42.3 Å². The average Bonchev–Trinajstić information content (AvgIpc) is 3.34. The molecule has 212 valence electrons. The summed E-state index contributed by atoms with van der Waals surface area (Å²) in [4.78, 5) is 38.1. The number of esters is 2. The fraction of sp³-hybridized carbons (Fsp3) is 0.367. The van der Waals surface area contributed by atoms with Crippen LogP contribution in [0.1, 0.15) is 50.0 Å². The van der Waals surface area contributed by atoms with Crippen LogP contribution in [-0.4, -0.2) is 41.3 Å². The van der Waals surface area contributed by atoms with Gasteiger partial charge in [0.05, 0.1) is 10.9 Å². The van der Waals surface area contributed by atoms with Crippen molar-refractivity contribution in [3.05, 3.63) is 87.2 Å². The Morgan fingerprint density at radius 3 is 2.58 bits per heavy atom. The zero-order valence-electron chi connectivity index (χ0n) is 22.9. The SMILES string of the molecule is CCn1cc(C(=O)OCc2ccccc2)c(=O)c2cc(F)c(F)c(OCC3CC(=CC(=O)OC(C)(C)C)CN3)c21. The fourth-order valence-corrected chi connectivity index (χ4v) is 4.45. The van der Waals surface area contributed by atoms with Crippen LogP contribution in [0.3, 0.4) is 0 Å². The molecule has 0 spiro atoms. The number of hydrogen-bond acceptors (Lipinski definition) is 7. The first kappa shape index (κ1) is 28.9. The van der Waals surface area contributed by atoms with Gasteiger partial charge >= 0.3 is 11.9 Å². The molecule has 1 saturated heterocycles. The van der Waals surface area contributed by atoms with Gasteiger partial charge < -0.3 is 24.1 Å². The van der Waals surface area contributed by atoms with E-state index in [1.807, 2.05) is 6.07 Å². The lowest BCUT2D eigenvalue weighted by Gasteiger charge is -2.18. The van der Waals surface area contributed by atoms with Crippen LogP contribution in [0.2, 0.25) is 0 Å². The predicted molar refractivity (Wildman–Crippen MR) is 145 cm³/mol. The Kier molecular flexibility index (Phi) is 8.68. The van der Waals surface area contributed by atoms with Crippen molar-refractivity contribution >= 4 is 22.8 Å². The minimum atomic E-state index is -1.28. The van der Waals surface area contributed by atoms with Crippen molar-refractivity contribution < 1.29 is 32.6 Å².